The molecule has 2 rings (SSSR count). The molecule has 1 aliphatic rings. The van der Waals surface area contributed by atoms with Crippen molar-refractivity contribution in [3.63, 3.8) is 0 Å². The maximum Gasteiger partial charge on any atom is 0.274 e. The van der Waals surface area contributed by atoms with Gasteiger partial charge in [0.15, 0.2) is 0 Å². The molecule has 6 heteroatoms. The summed E-state index contributed by atoms with van der Waals surface area (Å²) in [5.41, 5.74) is 0.315. The molecular formula is C12H14BrClN2O2. The fourth-order valence-corrected chi connectivity index (χ4v) is 2.73. The lowest BCUT2D eigenvalue weighted by Gasteiger charge is -2.31. The summed E-state index contributed by atoms with van der Waals surface area (Å²) in [6, 6.07) is 1.68. The molecule has 0 N–H and O–H groups in total. The number of carbonyl (C=O) groups is 1. The molecule has 0 radical (unpaired) electrons. The fraction of sp³-hybridized carbons (Fsp3) is 0.500. The van der Waals surface area contributed by atoms with Crippen molar-refractivity contribution >= 4 is 33.4 Å². The highest BCUT2D eigenvalue weighted by Crippen LogP contribution is 2.22. The minimum atomic E-state index is -0.109. The van der Waals surface area contributed by atoms with Crippen LogP contribution in [0.4, 0.5) is 0 Å². The number of nitrogens with zero attached hydrogens (tertiary/aromatic N) is 2. The van der Waals surface area contributed by atoms with Gasteiger partial charge in [-0.15, -0.1) is 0 Å². The number of halogens is 2. The lowest BCUT2D eigenvalue weighted by molar-refractivity contribution is 0.0348. The van der Waals surface area contributed by atoms with E-state index in [2.05, 4.69) is 20.9 Å². The monoisotopic (exact) mass is 332 g/mol. The smallest absolute Gasteiger partial charge is 0.274 e. The van der Waals surface area contributed by atoms with E-state index in [1.807, 2.05) is 0 Å². The van der Waals surface area contributed by atoms with E-state index in [0.717, 1.165) is 17.3 Å². The Bertz CT molecular complexity index is 448. The number of methoxy groups -OCH3 is 1. The lowest BCUT2D eigenvalue weighted by atomic mass is 10.1. The topological polar surface area (TPSA) is 42.4 Å². The van der Waals surface area contributed by atoms with Crippen LogP contribution in [-0.2, 0) is 4.74 Å². The maximum atomic E-state index is 12.2. The first-order chi connectivity index (χ1) is 8.61. The molecule has 2 heterocycles. The summed E-state index contributed by atoms with van der Waals surface area (Å²) >= 11 is 9.31. The van der Waals surface area contributed by atoms with Crippen LogP contribution >= 0.6 is 27.5 Å². The standard InChI is InChI=1S/C12H14BrClN2O2/c1-18-9-2-4-16(5-3-9)12(17)11-10(14)6-8(13)7-15-11/h6-7,9H,2-5H2,1H3. The lowest BCUT2D eigenvalue weighted by Crippen LogP contribution is -2.41. The van der Waals surface area contributed by atoms with Crippen molar-refractivity contribution in [1.82, 2.24) is 9.88 Å². The number of pyridine rings is 1. The number of ether oxygens (including phenoxy) is 1. The van der Waals surface area contributed by atoms with Crippen LogP contribution in [0.5, 0.6) is 0 Å². The summed E-state index contributed by atoms with van der Waals surface area (Å²) in [5.74, 6) is -0.109. The Morgan fingerprint density at radius 2 is 2.22 bits per heavy atom. The predicted octanol–water partition coefficient (Wildman–Crippen LogP) is 2.75. The van der Waals surface area contributed by atoms with Gasteiger partial charge in [0.25, 0.3) is 5.91 Å². The molecule has 1 fully saturated rings. The summed E-state index contributed by atoms with van der Waals surface area (Å²) in [5, 5.41) is 0.378. The molecule has 0 unspecified atom stereocenters. The van der Waals surface area contributed by atoms with Gasteiger partial charge < -0.3 is 9.64 Å². The number of carbonyl (C=O) groups excluding carboxylic acids is 1. The quantitative estimate of drug-likeness (QED) is 0.836. The SMILES string of the molecule is COC1CCN(C(=O)c2ncc(Br)cc2Cl)CC1. The highest BCUT2D eigenvalue weighted by Gasteiger charge is 2.25. The number of hydrogen-bond acceptors (Lipinski definition) is 3. The molecule has 1 aliphatic heterocycles. The molecule has 1 aromatic heterocycles. The van der Waals surface area contributed by atoms with Crippen LogP contribution < -0.4 is 0 Å². The van der Waals surface area contributed by atoms with Gasteiger partial charge in [0.05, 0.1) is 11.1 Å². The molecule has 0 bridgehead atoms. The largest absolute Gasteiger partial charge is 0.381 e. The Balaban J connectivity index is 2.08. The van der Waals surface area contributed by atoms with Crippen LogP contribution in [-0.4, -0.2) is 42.1 Å². The van der Waals surface area contributed by atoms with Crippen molar-refractivity contribution in [3.05, 3.63) is 27.5 Å². The maximum absolute atomic E-state index is 12.2. The third-order valence-corrected chi connectivity index (χ3v) is 3.79. The van der Waals surface area contributed by atoms with Crippen LogP contribution in [0.3, 0.4) is 0 Å². The van der Waals surface area contributed by atoms with E-state index >= 15 is 0 Å². The van der Waals surface area contributed by atoms with Crippen molar-refractivity contribution in [2.75, 3.05) is 20.2 Å². The Hall–Kier alpha value is -0.650. The van der Waals surface area contributed by atoms with E-state index in [9.17, 15) is 4.79 Å². The first kappa shape index (κ1) is 13.8. The molecule has 0 aromatic carbocycles. The Morgan fingerprint density at radius 3 is 2.78 bits per heavy atom. The van der Waals surface area contributed by atoms with E-state index in [-0.39, 0.29) is 12.0 Å². The molecule has 1 aromatic rings. The number of aromatic nitrogens is 1. The second kappa shape index (κ2) is 5.99. The first-order valence-electron chi connectivity index (χ1n) is 5.75. The van der Waals surface area contributed by atoms with Gasteiger partial charge in [-0.1, -0.05) is 11.6 Å². The molecule has 1 amide bonds. The van der Waals surface area contributed by atoms with Gasteiger partial charge in [-0.2, -0.15) is 0 Å². The Labute approximate surface area is 119 Å². The van der Waals surface area contributed by atoms with E-state index in [1.165, 1.54) is 0 Å². The molecule has 1 saturated heterocycles. The first-order valence-corrected chi connectivity index (χ1v) is 6.92. The van der Waals surface area contributed by atoms with Crippen LogP contribution in [0.15, 0.2) is 16.7 Å². The molecule has 4 nitrogen and oxygen atoms in total. The summed E-state index contributed by atoms with van der Waals surface area (Å²) in [6.45, 7) is 1.37. The zero-order valence-electron chi connectivity index (χ0n) is 10.0. The van der Waals surface area contributed by atoms with E-state index in [1.54, 1.807) is 24.3 Å². The highest BCUT2D eigenvalue weighted by molar-refractivity contribution is 9.10. The number of hydrogen-bond donors (Lipinski definition) is 0. The van der Waals surface area contributed by atoms with Gasteiger partial charge >= 0.3 is 0 Å². The van der Waals surface area contributed by atoms with Crippen molar-refractivity contribution in [2.24, 2.45) is 0 Å². The van der Waals surface area contributed by atoms with Crippen molar-refractivity contribution in [1.29, 1.82) is 0 Å². The summed E-state index contributed by atoms with van der Waals surface area (Å²) in [4.78, 5) is 18.1. The second-order valence-electron chi connectivity index (χ2n) is 4.21. The average Bonchev–Trinajstić information content (AvgIpc) is 2.38. The molecule has 0 spiro atoms. The third-order valence-electron chi connectivity index (χ3n) is 3.07. The number of rotatable bonds is 2. The highest BCUT2D eigenvalue weighted by atomic mass is 79.9. The minimum Gasteiger partial charge on any atom is -0.381 e. The van der Waals surface area contributed by atoms with Crippen LogP contribution in [0, 0.1) is 0 Å². The van der Waals surface area contributed by atoms with E-state index < -0.39 is 0 Å². The molecule has 0 aliphatic carbocycles. The molecule has 18 heavy (non-hydrogen) atoms. The zero-order valence-corrected chi connectivity index (χ0v) is 12.4. The number of likely N-dealkylation sites (tertiary alicyclic amines) is 1. The molecule has 98 valence electrons. The van der Waals surface area contributed by atoms with Crippen LogP contribution in [0.1, 0.15) is 23.3 Å². The van der Waals surface area contributed by atoms with Gasteiger partial charge in [0.1, 0.15) is 5.69 Å². The number of piperidine rings is 1. The van der Waals surface area contributed by atoms with Gasteiger partial charge in [0.2, 0.25) is 0 Å². The second-order valence-corrected chi connectivity index (χ2v) is 5.53. The van der Waals surface area contributed by atoms with Gasteiger partial charge in [0, 0.05) is 30.9 Å². The minimum absolute atomic E-state index is 0.109. The van der Waals surface area contributed by atoms with E-state index in [0.29, 0.717) is 23.8 Å². The zero-order chi connectivity index (χ0) is 13.1. The predicted molar refractivity (Wildman–Crippen MR) is 72.9 cm³/mol. The number of amides is 1. The van der Waals surface area contributed by atoms with Gasteiger partial charge in [-0.05, 0) is 34.8 Å². The summed E-state index contributed by atoms with van der Waals surface area (Å²) in [7, 11) is 1.70. The molecular weight excluding hydrogens is 320 g/mol. The van der Waals surface area contributed by atoms with Gasteiger partial charge in [-0.3, -0.25) is 4.79 Å². The van der Waals surface area contributed by atoms with E-state index in [4.69, 9.17) is 16.3 Å². The third kappa shape index (κ3) is 3.02. The van der Waals surface area contributed by atoms with Crippen molar-refractivity contribution in [2.45, 2.75) is 18.9 Å². The average molecular weight is 334 g/mol. The summed E-state index contributed by atoms with van der Waals surface area (Å²) < 4.78 is 6.04. The van der Waals surface area contributed by atoms with Gasteiger partial charge in [-0.25, -0.2) is 4.98 Å². The van der Waals surface area contributed by atoms with Crippen molar-refractivity contribution in [3.8, 4) is 0 Å². The normalized spacial score (nSPS) is 16.9. The Kier molecular flexibility index (Phi) is 4.59. The molecule has 0 saturated carbocycles. The Morgan fingerprint density at radius 1 is 1.56 bits per heavy atom. The van der Waals surface area contributed by atoms with Crippen molar-refractivity contribution < 1.29 is 9.53 Å². The summed E-state index contributed by atoms with van der Waals surface area (Å²) in [6.07, 6.45) is 3.55. The fourth-order valence-electron chi connectivity index (χ4n) is 2.02. The molecule has 0 atom stereocenters. The van der Waals surface area contributed by atoms with Crippen LogP contribution in [0.2, 0.25) is 5.02 Å². The van der Waals surface area contributed by atoms with Crippen LogP contribution in [0.25, 0.3) is 0 Å².